The van der Waals surface area contributed by atoms with Crippen LogP contribution in [0, 0.1) is 16.7 Å². The van der Waals surface area contributed by atoms with Gasteiger partial charge in [0.2, 0.25) is 0 Å². The van der Waals surface area contributed by atoms with Crippen LogP contribution in [-0.4, -0.2) is 12.7 Å². The molecule has 3 aliphatic carbocycles. The van der Waals surface area contributed by atoms with Crippen LogP contribution in [0.25, 0.3) is 0 Å². The third kappa shape index (κ3) is 1.25. The van der Waals surface area contributed by atoms with Gasteiger partial charge in [-0.3, -0.25) is 0 Å². The quantitative estimate of drug-likeness (QED) is 0.700. The Balaban J connectivity index is 1.92. The first kappa shape index (κ1) is 15.1. The number of methoxy groups -OCH3 is 1. The molecule has 0 N–H and O–H groups in total. The summed E-state index contributed by atoms with van der Waals surface area (Å²) in [4.78, 5) is 0. The molecule has 1 aromatic rings. The molecule has 1 aliphatic heterocycles. The van der Waals surface area contributed by atoms with E-state index < -0.39 is 0 Å². The highest BCUT2D eigenvalue weighted by Gasteiger charge is 2.76. The average Bonchev–Trinajstić information content (AvgIpc) is 2.81. The molecule has 5 atom stereocenters. The Bertz CT molecular complexity index is 740. The Hall–Kier alpha value is -1.18. The molecule has 0 aromatic heterocycles. The molecule has 24 heavy (non-hydrogen) atoms. The predicted molar refractivity (Wildman–Crippen MR) is 95.9 cm³/mol. The van der Waals surface area contributed by atoms with E-state index in [1.807, 2.05) is 7.11 Å². The van der Waals surface area contributed by atoms with Crippen LogP contribution in [0.1, 0.15) is 70.9 Å². The van der Waals surface area contributed by atoms with Crippen molar-refractivity contribution in [2.75, 3.05) is 7.11 Å². The average molecular weight is 326 g/mol. The molecule has 1 spiro atoms. The fourth-order valence-electron chi connectivity index (χ4n) is 7.64. The second-order valence-corrected chi connectivity index (χ2v) is 9.58. The summed E-state index contributed by atoms with van der Waals surface area (Å²) < 4.78 is 12.6. The maximum absolute atomic E-state index is 6.79. The highest BCUT2D eigenvalue weighted by atomic mass is 16.5. The fourth-order valence-corrected chi connectivity index (χ4v) is 7.64. The van der Waals surface area contributed by atoms with E-state index in [1.54, 1.807) is 0 Å². The van der Waals surface area contributed by atoms with Crippen molar-refractivity contribution >= 4 is 0 Å². The molecule has 2 heteroatoms. The maximum atomic E-state index is 6.79. The van der Waals surface area contributed by atoms with Crippen molar-refractivity contribution < 1.29 is 9.47 Å². The minimum absolute atomic E-state index is 0.0319. The summed E-state index contributed by atoms with van der Waals surface area (Å²) in [6.45, 7) is 10.0. The minimum Gasteiger partial charge on any atom is -0.496 e. The fraction of sp³-hybridized carbons (Fsp3) is 0.727. The smallest absolute Gasteiger partial charge is 0.124 e. The number of rotatable bonds is 1. The van der Waals surface area contributed by atoms with Crippen LogP contribution >= 0.6 is 0 Å². The molecule has 130 valence electrons. The van der Waals surface area contributed by atoms with Crippen LogP contribution in [0.5, 0.6) is 11.5 Å². The van der Waals surface area contributed by atoms with Gasteiger partial charge >= 0.3 is 0 Å². The SMILES string of the molecule is COc1ccc2c3c1CC1(C)C(C)CCC4(C)C(C)(CCCC314)O2. The predicted octanol–water partition coefficient (Wildman–Crippen LogP) is 5.27. The van der Waals surface area contributed by atoms with Crippen molar-refractivity contribution in [2.45, 2.75) is 77.2 Å². The van der Waals surface area contributed by atoms with Crippen LogP contribution in [0.3, 0.4) is 0 Å². The van der Waals surface area contributed by atoms with E-state index in [9.17, 15) is 0 Å². The van der Waals surface area contributed by atoms with Gasteiger partial charge in [0.1, 0.15) is 17.1 Å². The maximum Gasteiger partial charge on any atom is 0.124 e. The van der Waals surface area contributed by atoms with E-state index in [0.717, 1.165) is 23.8 Å². The molecule has 2 saturated carbocycles. The summed E-state index contributed by atoms with van der Waals surface area (Å²) >= 11 is 0. The van der Waals surface area contributed by atoms with Gasteiger partial charge < -0.3 is 9.47 Å². The minimum atomic E-state index is -0.0319. The van der Waals surface area contributed by atoms with E-state index in [-0.39, 0.29) is 16.4 Å². The monoisotopic (exact) mass is 326 g/mol. The normalized spacial score (nSPS) is 47.8. The lowest BCUT2D eigenvalue weighted by atomic mass is 9.36. The first-order valence-corrected chi connectivity index (χ1v) is 9.72. The van der Waals surface area contributed by atoms with Gasteiger partial charge in [-0.1, -0.05) is 20.8 Å². The Kier molecular flexibility index (Phi) is 2.60. The highest BCUT2D eigenvalue weighted by molar-refractivity contribution is 5.62. The number of hydrogen-bond donors (Lipinski definition) is 0. The third-order valence-electron chi connectivity index (χ3n) is 9.21. The van der Waals surface area contributed by atoms with Crippen molar-refractivity contribution in [3.05, 3.63) is 23.3 Å². The van der Waals surface area contributed by atoms with Gasteiger partial charge in [0.15, 0.2) is 0 Å². The highest BCUT2D eigenvalue weighted by Crippen LogP contribution is 2.78. The Labute approximate surface area is 145 Å². The van der Waals surface area contributed by atoms with Gasteiger partial charge in [-0.05, 0) is 68.9 Å². The van der Waals surface area contributed by atoms with Gasteiger partial charge in [0.05, 0.1) is 7.11 Å². The largest absolute Gasteiger partial charge is 0.496 e. The molecule has 5 unspecified atom stereocenters. The van der Waals surface area contributed by atoms with Crippen molar-refractivity contribution in [3.8, 4) is 11.5 Å². The van der Waals surface area contributed by atoms with Gasteiger partial charge in [-0.15, -0.1) is 0 Å². The van der Waals surface area contributed by atoms with Crippen LogP contribution in [-0.2, 0) is 11.8 Å². The standard InChI is InChI=1S/C22H30O2/c1-14-9-12-20(3)21(4)10-6-11-22(20)18-15(13-19(14,22)2)16(23-5)7-8-17(18)24-21/h7-8,14H,6,9-13H2,1-5H3. The Morgan fingerprint density at radius 2 is 1.92 bits per heavy atom. The lowest BCUT2D eigenvalue weighted by Gasteiger charge is -2.71. The lowest BCUT2D eigenvalue weighted by molar-refractivity contribution is -0.208. The summed E-state index contributed by atoms with van der Waals surface area (Å²) in [5, 5.41) is 0. The summed E-state index contributed by atoms with van der Waals surface area (Å²) in [6.07, 6.45) is 7.54. The number of hydrogen-bond acceptors (Lipinski definition) is 2. The summed E-state index contributed by atoms with van der Waals surface area (Å²) in [5.41, 5.74) is 3.73. The van der Waals surface area contributed by atoms with Crippen molar-refractivity contribution in [2.24, 2.45) is 16.7 Å². The molecule has 2 bridgehead atoms. The summed E-state index contributed by atoms with van der Waals surface area (Å²) in [7, 11) is 1.82. The van der Waals surface area contributed by atoms with E-state index >= 15 is 0 Å². The molecule has 1 aromatic carbocycles. The van der Waals surface area contributed by atoms with E-state index in [4.69, 9.17) is 9.47 Å². The van der Waals surface area contributed by atoms with Gasteiger partial charge in [-0.25, -0.2) is 0 Å². The van der Waals surface area contributed by atoms with Crippen LogP contribution in [0.4, 0.5) is 0 Å². The Morgan fingerprint density at radius 3 is 2.67 bits per heavy atom. The number of benzene rings is 1. The van der Waals surface area contributed by atoms with Gasteiger partial charge in [0, 0.05) is 22.0 Å². The van der Waals surface area contributed by atoms with Crippen LogP contribution in [0.15, 0.2) is 12.1 Å². The second kappa shape index (κ2) is 4.14. The molecule has 0 radical (unpaired) electrons. The van der Waals surface area contributed by atoms with E-state index in [0.29, 0.717) is 5.41 Å². The van der Waals surface area contributed by atoms with Crippen molar-refractivity contribution in [3.63, 3.8) is 0 Å². The topological polar surface area (TPSA) is 18.5 Å². The molecule has 4 aliphatic rings. The zero-order valence-corrected chi connectivity index (χ0v) is 15.8. The van der Waals surface area contributed by atoms with E-state index in [1.165, 1.54) is 43.2 Å². The molecular formula is C22H30O2. The molecule has 2 nitrogen and oxygen atoms in total. The molecule has 0 saturated heterocycles. The summed E-state index contributed by atoms with van der Waals surface area (Å²) in [5.74, 6) is 2.98. The zero-order valence-electron chi connectivity index (χ0n) is 15.8. The van der Waals surface area contributed by atoms with Crippen LogP contribution < -0.4 is 9.47 Å². The molecule has 1 heterocycles. The van der Waals surface area contributed by atoms with Gasteiger partial charge in [-0.2, -0.15) is 0 Å². The zero-order chi connectivity index (χ0) is 17.0. The lowest BCUT2D eigenvalue weighted by Crippen LogP contribution is -2.71. The third-order valence-corrected chi connectivity index (χ3v) is 9.21. The first-order chi connectivity index (χ1) is 11.3. The number of ether oxygens (including phenoxy) is 2. The second-order valence-electron chi connectivity index (χ2n) is 9.58. The van der Waals surface area contributed by atoms with Crippen molar-refractivity contribution in [1.82, 2.24) is 0 Å². The molecule has 2 fully saturated rings. The van der Waals surface area contributed by atoms with Gasteiger partial charge in [0.25, 0.3) is 0 Å². The molecule has 0 amide bonds. The first-order valence-electron chi connectivity index (χ1n) is 9.72. The molecular weight excluding hydrogens is 296 g/mol. The molecule has 5 rings (SSSR count). The Morgan fingerprint density at radius 1 is 1.12 bits per heavy atom. The van der Waals surface area contributed by atoms with Crippen molar-refractivity contribution in [1.29, 1.82) is 0 Å². The van der Waals surface area contributed by atoms with E-state index in [2.05, 4.69) is 39.8 Å². The summed E-state index contributed by atoms with van der Waals surface area (Å²) in [6, 6.07) is 4.32. The van der Waals surface area contributed by atoms with Crippen LogP contribution in [0.2, 0.25) is 0 Å².